The van der Waals surface area contributed by atoms with Crippen LogP contribution in [0.1, 0.15) is 44.2 Å². The lowest BCUT2D eigenvalue weighted by Crippen LogP contribution is -2.31. The van der Waals surface area contributed by atoms with Gasteiger partial charge in [-0.2, -0.15) is 0 Å². The molecule has 2 N–H and O–H groups in total. The van der Waals surface area contributed by atoms with Crippen LogP contribution in [0.25, 0.3) is 5.57 Å². The summed E-state index contributed by atoms with van der Waals surface area (Å²) >= 11 is 0. The summed E-state index contributed by atoms with van der Waals surface area (Å²) in [5.74, 6) is 1.01. The van der Waals surface area contributed by atoms with Crippen molar-refractivity contribution in [3.63, 3.8) is 0 Å². The molecule has 25 heavy (non-hydrogen) atoms. The number of allylic oxidation sites excluding steroid dienone is 4. The Bertz CT molecular complexity index is 769. The van der Waals surface area contributed by atoms with Gasteiger partial charge in [-0.25, -0.2) is 0 Å². The molecule has 0 saturated carbocycles. The molecule has 1 aliphatic rings. The van der Waals surface area contributed by atoms with E-state index in [4.69, 9.17) is 0 Å². The van der Waals surface area contributed by atoms with Crippen LogP contribution in [0.5, 0.6) is 11.5 Å². The minimum atomic E-state index is -0.120. The first-order valence-corrected chi connectivity index (χ1v) is 9.03. The molecule has 0 aromatic heterocycles. The molecule has 2 atom stereocenters. The molecule has 0 bridgehead atoms. The molecule has 0 radical (unpaired) electrons. The van der Waals surface area contributed by atoms with Crippen LogP contribution in [-0.4, -0.2) is 10.2 Å². The fraction of sp³-hybridized carbons (Fsp3) is 0.304. The largest absolute Gasteiger partial charge is 0.508 e. The van der Waals surface area contributed by atoms with Crippen LogP contribution < -0.4 is 0 Å². The van der Waals surface area contributed by atoms with Gasteiger partial charge >= 0.3 is 0 Å². The highest BCUT2D eigenvalue weighted by atomic mass is 16.3. The molecule has 0 fully saturated rings. The van der Waals surface area contributed by atoms with Gasteiger partial charge in [0.05, 0.1) is 0 Å². The number of aromatic hydroxyl groups is 2. The Balaban J connectivity index is 2.02. The standard InChI is InChI=1S/C23H26O2/c1-3-4-5-19-9-6-18(17-7-12-21(24)13-8-17)16-23(19,2)20-10-14-22(25)15-11-20/h6-16,19,24-25H,3-5H2,1-2H3. The van der Waals surface area contributed by atoms with E-state index in [-0.39, 0.29) is 11.2 Å². The van der Waals surface area contributed by atoms with Crippen LogP contribution in [-0.2, 0) is 5.41 Å². The molecule has 2 aromatic rings. The minimum Gasteiger partial charge on any atom is -0.508 e. The summed E-state index contributed by atoms with van der Waals surface area (Å²) in [5, 5.41) is 19.2. The van der Waals surface area contributed by atoms with Crippen LogP contribution in [0.3, 0.4) is 0 Å². The van der Waals surface area contributed by atoms with Gasteiger partial charge in [0.25, 0.3) is 0 Å². The van der Waals surface area contributed by atoms with Gasteiger partial charge in [0, 0.05) is 5.41 Å². The van der Waals surface area contributed by atoms with Crippen LogP contribution in [0, 0.1) is 5.92 Å². The van der Waals surface area contributed by atoms with E-state index < -0.39 is 0 Å². The fourth-order valence-corrected chi connectivity index (χ4v) is 3.67. The third-order valence-electron chi connectivity index (χ3n) is 5.29. The topological polar surface area (TPSA) is 40.5 Å². The van der Waals surface area contributed by atoms with Crippen molar-refractivity contribution in [2.75, 3.05) is 0 Å². The predicted octanol–water partition coefficient (Wildman–Crippen LogP) is 5.82. The molecule has 0 heterocycles. The number of hydrogen-bond donors (Lipinski definition) is 2. The van der Waals surface area contributed by atoms with Gasteiger partial charge in [0.15, 0.2) is 0 Å². The van der Waals surface area contributed by atoms with Gasteiger partial charge in [0.2, 0.25) is 0 Å². The van der Waals surface area contributed by atoms with Crippen molar-refractivity contribution >= 4 is 5.57 Å². The lowest BCUT2D eigenvalue weighted by Gasteiger charge is -2.37. The van der Waals surface area contributed by atoms with E-state index in [1.807, 2.05) is 24.3 Å². The molecule has 130 valence electrons. The van der Waals surface area contributed by atoms with Crippen molar-refractivity contribution in [2.45, 2.75) is 38.5 Å². The van der Waals surface area contributed by atoms with E-state index in [0.29, 0.717) is 11.7 Å². The van der Waals surface area contributed by atoms with Crippen molar-refractivity contribution in [1.29, 1.82) is 0 Å². The number of phenolic OH excluding ortho intramolecular Hbond substituents is 2. The molecule has 0 saturated heterocycles. The first kappa shape index (κ1) is 17.3. The molecule has 1 aliphatic carbocycles. The molecule has 0 aliphatic heterocycles. The lowest BCUT2D eigenvalue weighted by atomic mass is 9.66. The monoisotopic (exact) mass is 334 g/mol. The maximum absolute atomic E-state index is 9.65. The van der Waals surface area contributed by atoms with Crippen LogP contribution in [0.4, 0.5) is 0 Å². The van der Waals surface area contributed by atoms with Crippen molar-refractivity contribution in [2.24, 2.45) is 5.92 Å². The van der Waals surface area contributed by atoms with Gasteiger partial charge in [-0.3, -0.25) is 0 Å². The third kappa shape index (κ3) is 3.63. The van der Waals surface area contributed by atoms with Gasteiger partial charge in [-0.1, -0.05) is 69.2 Å². The predicted molar refractivity (Wildman–Crippen MR) is 104 cm³/mol. The zero-order valence-electron chi connectivity index (χ0n) is 14.9. The smallest absolute Gasteiger partial charge is 0.115 e. The first-order valence-electron chi connectivity index (χ1n) is 9.03. The van der Waals surface area contributed by atoms with E-state index in [1.165, 1.54) is 24.0 Å². The average molecular weight is 334 g/mol. The second kappa shape index (κ2) is 7.18. The van der Waals surface area contributed by atoms with Gasteiger partial charge in [0.1, 0.15) is 11.5 Å². The van der Waals surface area contributed by atoms with Gasteiger partial charge in [-0.15, -0.1) is 0 Å². The van der Waals surface area contributed by atoms with E-state index in [9.17, 15) is 10.2 Å². The van der Waals surface area contributed by atoms with Crippen LogP contribution in [0.15, 0.2) is 66.8 Å². The number of rotatable bonds is 5. The Labute approximate surface area is 150 Å². The molecule has 2 aromatic carbocycles. The Morgan fingerprint density at radius 3 is 2.12 bits per heavy atom. The zero-order chi connectivity index (χ0) is 17.9. The number of hydrogen-bond acceptors (Lipinski definition) is 2. The molecular formula is C23H26O2. The highest BCUT2D eigenvalue weighted by Crippen LogP contribution is 2.43. The summed E-state index contributed by atoms with van der Waals surface area (Å²) in [6.45, 7) is 4.51. The second-order valence-corrected chi connectivity index (χ2v) is 7.08. The maximum atomic E-state index is 9.65. The summed E-state index contributed by atoms with van der Waals surface area (Å²) in [6, 6.07) is 14.9. The molecule has 2 unspecified atom stereocenters. The zero-order valence-corrected chi connectivity index (χ0v) is 14.9. The Kier molecular flexibility index (Phi) is 4.98. The Hall–Kier alpha value is -2.48. The number of phenols is 2. The number of benzene rings is 2. The molecular weight excluding hydrogens is 308 g/mol. The summed E-state index contributed by atoms with van der Waals surface area (Å²) in [5.41, 5.74) is 3.37. The van der Waals surface area contributed by atoms with E-state index in [2.05, 4.69) is 32.1 Å². The summed E-state index contributed by atoms with van der Waals surface area (Å²) in [4.78, 5) is 0. The molecule has 0 amide bonds. The summed E-state index contributed by atoms with van der Waals surface area (Å²) < 4.78 is 0. The van der Waals surface area contributed by atoms with Crippen molar-refractivity contribution in [1.82, 2.24) is 0 Å². The molecule has 2 heteroatoms. The van der Waals surface area contributed by atoms with Crippen molar-refractivity contribution < 1.29 is 10.2 Å². The van der Waals surface area contributed by atoms with Crippen molar-refractivity contribution in [3.8, 4) is 11.5 Å². The normalized spacial score (nSPS) is 22.6. The highest BCUT2D eigenvalue weighted by Gasteiger charge is 2.34. The quantitative estimate of drug-likeness (QED) is 0.724. The second-order valence-electron chi connectivity index (χ2n) is 7.08. The van der Waals surface area contributed by atoms with E-state index in [1.54, 1.807) is 24.3 Å². The van der Waals surface area contributed by atoms with E-state index >= 15 is 0 Å². The Morgan fingerprint density at radius 2 is 1.52 bits per heavy atom. The van der Waals surface area contributed by atoms with Gasteiger partial charge < -0.3 is 10.2 Å². The summed E-state index contributed by atoms with van der Waals surface area (Å²) in [6.07, 6.45) is 10.4. The Morgan fingerprint density at radius 1 is 0.920 bits per heavy atom. The first-order chi connectivity index (χ1) is 12.0. The molecule has 3 rings (SSSR count). The fourth-order valence-electron chi connectivity index (χ4n) is 3.67. The highest BCUT2D eigenvalue weighted by molar-refractivity contribution is 5.77. The van der Waals surface area contributed by atoms with Crippen LogP contribution >= 0.6 is 0 Å². The number of unbranched alkanes of at least 4 members (excludes halogenated alkanes) is 1. The van der Waals surface area contributed by atoms with Crippen LogP contribution in [0.2, 0.25) is 0 Å². The maximum Gasteiger partial charge on any atom is 0.115 e. The lowest BCUT2D eigenvalue weighted by molar-refractivity contribution is 0.389. The third-order valence-corrected chi connectivity index (χ3v) is 5.29. The minimum absolute atomic E-state index is 0.120. The van der Waals surface area contributed by atoms with E-state index in [0.717, 1.165) is 12.0 Å². The SMILES string of the molecule is CCCCC1C=CC(c2ccc(O)cc2)=CC1(C)c1ccc(O)cc1. The average Bonchev–Trinajstić information content (AvgIpc) is 2.62. The van der Waals surface area contributed by atoms with Crippen molar-refractivity contribution in [3.05, 3.63) is 77.9 Å². The molecule has 0 spiro atoms. The molecule has 2 nitrogen and oxygen atoms in total. The van der Waals surface area contributed by atoms with Gasteiger partial charge in [-0.05, 0) is 53.3 Å². The summed E-state index contributed by atoms with van der Waals surface area (Å²) in [7, 11) is 0.